The Morgan fingerprint density at radius 3 is 2.39 bits per heavy atom. The summed E-state index contributed by atoms with van der Waals surface area (Å²) in [5, 5.41) is 4.74. The van der Waals surface area contributed by atoms with E-state index in [9.17, 15) is 18.8 Å². The van der Waals surface area contributed by atoms with Gasteiger partial charge in [0.1, 0.15) is 22.7 Å². The standard InChI is InChI=1S/C26H28FN3O6/c1-5-34-24(32)18-11-13-20-22(23(18)35-15-14-21(28)31)19(12-8-16-6-9-17(27)10-7-16)29-30(20)25(33)36-26(2,3)4/h6-13H,5,14-15H2,1-4H3,(H2,28,31). The third-order valence-electron chi connectivity index (χ3n) is 4.79. The minimum absolute atomic E-state index is 0.0840. The fraction of sp³-hybridized carbons (Fsp3) is 0.308. The molecular weight excluding hydrogens is 469 g/mol. The zero-order valence-corrected chi connectivity index (χ0v) is 20.5. The van der Waals surface area contributed by atoms with Crippen LogP contribution in [-0.4, -0.2) is 46.6 Å². The summed E-state index contributed by atoms with van der Waals surface area (Å²) >= 11 is 0. The predicted octanol–water partition coefficient (Wildman–Crippen LogP) is 4.56. The van der Waals surface area contributed by atoms with Crippen molar-refractivity contribution < 1.29 is 33.0 Å². The van der Waals surface area contributed by atoms with Gasteiger partial charge in [-0.3, -0.25) is 4.79 Å². The van der Waals surface area contributed by atoms with E-state index in [1.54, 1.807) is 52.0 Å². The maximum Gasteiger partial charge on any atom is 0.435 e. The van der Waals surface area contributed by atoms with Crippen molar-refractivity contribution >= 4 is 41.0 Å². The van der Waals surface area contributed by atoms with Gasteiger partial charge in [-0.15, -0.1) is 0 Å². The molecule has 10 heteroatoms. The van der Waals surface area contributed by atoms with Crippen molar-refractivity contribution in [3.05, 3.63) is 59.0 Å². The molecule has 36 heavy (non-hydrogen) atoms. The number of rotatable bonds is 8. The number of benzene rings is 2. The fourth-order valence-corrected chi connectivity index (χ4v) is 3.29. The van der Waals surface area contributed by atoms with Gasteiger partial charge in [0.15, 0.2) is 0 Å². The molecule has 0 saturated carbocycles. The Kier molecular flexibility index (Phi) is 8.08. The molecule has 0 radical (unpaired) electrons. The van der Waals surface area contributed by atoms with Crippen LogP contribution in [-0.2, 0) is 14.3 Å². The van der Waals surface area contributed by atoms with E-state index in [0.717, 1.165) is 4.68 Å². The molecule has 1 aromatic heterocycles. The molecule has 190 valence electrons. The largest absolute Gasteiger partial charge is 0.491 e. The molecule has 3 aromatic rings. The molecule has 2 N–H and O–H groups in total. The van der Waals surface area contributed by atoms with Crippen LogP contribution in [0.2, 0.25) is 0 Å². The van der Waals surface area contributed by atoms with Gasteiger partial charge in [-0.2, -0.15) is 9.78 Å². The van der Waals surface area contributed by atoms with E-state index in [1.807, 2.05) is 0 Å². The monoisotopic (exact) mass is 497 g/mol. The SMILES string of the molecule is CCOC(=O)c1ccc2c(c(C=Cc3ccc(F)cc3)nn2C(=O)OC(C)(C)C)c1OCCC(N)=O. The van der Waals surface area contributed by atoms with Gasteiger partial charge in [0.2, 0.25) is 5.91 Å². The number of primary amides is 1. The molecular formula is C26H28FN3O6. The van der Waals surface area contributed by atoms with Crippen molar-refractivity contribution in [1.29, 1.82) is 0 Å². The maximum absolute atomic E-state index is 13.3. The van der Waals surface area contributed by atoms with E-state index in [0.29, 0.717) is 16.5 Å². The number of esters is 1. The van der Waals surface area contributed by atoms with Crippen LogP contribution in [0.25, 0.3) is 23.1 Å². The first-order valence-corrected chi connectivity index (χ1v) is 11.3. The summed E-state index contributed by atoms with van der Waals surface area (Å²) in [6, 6.07) is 8.77. The Labute approximate surface area is 207 Å². The quantitative estimate of drug-likeness (QED) is 0.453. The minimum Gasteiger partial charge on any atom is -0.491 e. The summed E-state index contributed by atoms with van der Waals surface area (Å²) in [6.45, 7) is 6.86. The highest BCUT2D eigenvalue weighted by Crippen LogP contribution is 2.35. The van der Waals surface area contributed by atoms with Crippen LogP contribution in [0.4, 0.5) is 9.18 Å². The van der Waals surface area contributed by atoms with Crippen molar-refractivity contribution in [1.82, 2.24) is 9.78 Å². The Balaban J connectivity index is 2.22. The highest BCUT2D eigenvalue weighted by Gasteiger charge is 2.26. The van der Waals surface area contributed by atoms with Crippen LogP contribution in [0.3, 0.4) is 0 Å². The van der Waals surface area contributed by atoms with E-state index in [2.05, 4.69) is 5.10 Å². The Morgan fingerprint density at radius 1 is 1.08 bits per heavy atom. The first-order chi connectivity index (χ1) is 17.0. The van der Waals surface area contributed by atoms with Gasteiger partial charge in [-0.25, -0.2) is 14.0 Å². The lowest BCUT2D eigenvalue weighted by atomic mass is 10.1. The molecule has 1 amide bonds. The molecule has 0 unspecified atom stereocenters. The average Bonchev–Trinajstić information content (AvgIpc) is 3.17. The van der Waals surface area contributed by atoms with Crippen molar-refractivity contribution in [2.24, 2.45) is 5.73 Å². The van der Waals surface area contributed by atoms with E-state index >= 15 is 0 Å². The number of aromatic nitrogens is 2. The van der Waals surface area contributed by atoms with E-state index in [1.165, 1.54) is 24.3 Å². The molecule has 9 nitrogen and oxygen atoms in total. The van der Waals surface area contributed by atoms with Gasteiger partial charge in [0.05, 0.1) is 36.2 Å². The van der Waals surface area contributed by atoms with Crippen molar-refractivity contribution in [3.8, 4) is 5.75 Å². The molecule has 2 aromatic carbocycles. The zero-order chi connectivity index (χ0) is 26.5. The van der Waals surface area contributed by atoms with Gasteiger partial charge in [0.25, 0.3) is 0 Å². The number of hydrogen-bond donors (Lipinski definition) is 1. The number of carbonyl (C=O) groups is 3. The van der Waals surface area contributed by atoms with Crippen LogP contribution >= 0.6 is 0 Å². The summed E-state index contributed by atoms with van der Waals surface area (Å²) in [5.74, 6) is -1.52. The molecule has 0 atom stereocenters. The summed E-state index contributed by atoms with van der Waals surface area (Å²) < 4.78 is 30.9. The summed E-state index contributed by atoms with van der Waals surface area (Å²) in [6.07, 6.45) is 2.44. The Hall–Kier alpha value is -4.21. The third-order valence-corrected chi connectivity index (χ3v) is 4.79. The predicted molar refractivity (Wildman–Crippen MR) is 132 cm³/mol. The van der Waals surface area contributed by atoms with Crippen LogP contribution in [0.15, 0.2) is 36.4 Å². The van der Waals surface area contributed by atoms with Crippen LogP contribution in [0, 0.1) is 5.82 Å². The molecule has 0 saturated heterocycles. The Morgan fingerprint density at radius 2 is 1.78 bits per heavy atom. The first-order valence-electron chi connectivity index (χ1n) is 11.3. The average molecular weight is 498 g/mol. The lowest BCUT2D eigenvalue weighted by Gasteiger charge is -2.19. The number of hydrogen-bond acceptors (Lipinski definition) is 7. The smallest absolute Gasteiger partial charge is 0.435 e. The molecule has 0 aliphatic carbocycles. The number of fused-ring (bicyclic) bond motifs is 1. The van der Waals surface area contributed by atoms with Gasteiger partial charge < -0.3 is 19.9 Å². The van der Waals surface area contributed by atoms with Crippen molar-refractivity contribution in [2.75, 3.05) is 13.2 Å². The third kappa shape index (κ3) is 6.47. The van der Waals surface area contributed by atoms with Gasteiger partial charge in [-0.1, -0.05) is 18.2 Å². The highest BCUT2D eigenvalue weighted by atomic mass is 19.1. The van der Waals surface area contributed by atoms with Crippen molar-refractivity contribution in [2.45, 2.75) is 39.7 Å². The normalized spacial score (nSPS) is 11.6. The van der Waals surface area contributed by atoms with Gasteiger partial charge >= 0.3 is 12.1 Å². The summed E-state index contributed by atoms with van der Waals surface area (Å²) in [4.78, 5) is 36.9. The van der Waals surface area contributed by atoms with Gasteiger partial charge in [-0.05, 0) is 63.6 Å². The summed E-state index contributed by atoms with van der Waals surface area (Å²) in [7, 11) is 0. The number of halogens is 1. The summed E-state index contributed by atoms with van der Waals surface area (Å²) in [5.41, 5.74) is 5.81. The second-order valence-corrected chi connectivity index (χ2v) is 8.78. The van der Waals surface area contributed by atoms with E-state index in [4.69, 9.17) is 19.9 Å². The van der Waals surface area contributed by atoms with Crippen LogP contribution in [0.5, 0.6) is 5.75 Å². The molecule has 0 bridgehead atoms. The number of ether oxygens (including phenoxy) is 3. The second kappa shape index (κ2) is 11.0. The van der Waals surface area contributed by atoms with E-state index < -0.39 is 23.6 Å². The maximum atomic E-state index is 13.3. The minimum atomic E-state index is -0.787. The lowest BCUT2D eigenvalue weighted by molar-refractivity contribution is -0.118. The highest BCUT2D eigenvalue weighted by molar-refractivity contribution is 6.05. The number of amides is 1. The van der Waals surface area contributed by atoms with Crippen LogP contribution < -0.4 is 10.5 Å². The first kappa shape index (κ1) is 26.4. The molecule has 0 spiro atoms. The van der Waals surface area contributed by atoms with E-state index in [-0.39, 0.29) is 42.5 Å². The molecule has 1 heterocycles. The molecule has 3 rings (SSSR count). The number of nitrogens with zero attached hydrogens (tertiary/aromatic N) is 2. The molecule has 0 fully saturated rings. The zero-order valence-electron chi connectivity index (χ0n) is 20.5. The topological polar surface area (TPSA) is 123 Å². The Bertz CT molecular complexity index is 1310. The van der Waals surface area contributed by atoms with Crippen molar-refractivity contribution in [3.63, 3.8) is 0 Å². The second-order valence-electron chi connectivity index (χ2n) is 8.78. The lowest BCUT2D eigenvalue weighted by Crippen LogP contribution is -2.27. The van der Waals surface area contributed by atoms with Crippen LogP contribution in [0.1, 0.15) is 55.7 Å². The number of carbonyl (C=O) groups excluding carboxylic acids is 3. The molecule has 0 aliphatic heterocycles. The van der Waals surface area contributed by atoms with Gasteiger partial charge in [0, 0.05) is 0 Å². The fourth-order valence-electron chi connectivity index (χ4n) is 3.29. The molecule has 0 aliphatic rings. The number of nitrogens with two attached hydrogens (primary N) is 1.